The van der Waals surface area contributed by atoms with Gasteiger partial charge in [0.1, 0.15) is 6.61 Å². The third kappa shape index (κ3) is 7.05. The van der Waals surface area contributed by atoms with E-state index in [0.717, 1.165) is 5.56 Å². The minimum atomic E-state index is -0.516. The zero-order valence-electron chi connectivity index (χ0n) is 17.9. The van der Waals surface area contributed by atoms with Crippen molar-refractivity contribution in [3.63, 3.8) is 0 Å². The van der Waals surface area contributed by atoms with Gasteiger partial charge in [0.2, 0.25) is 5.91 Å². The minimum absolute atomic E-state index is 0.104. The average Bonchev–Trinajstić information content (AvgIpc) is 2.80. The van der Waals surface area contributed by atoms with Gasteiger partial charge in [0, 0.05) is 16.7 Å². The molecule has 0 spiro atoms. The Hall–Kier alpha value is -3.91. The SMILES string of the molecule is CCOc1cc(C=NNC(=O)Cc2ccccc2[N+](=O)[O-])ccc1OCc1ccc(Cl)cc1. The average molecular weight is 468 g/mol. The number of carbonyl (C=O) groups excluding carboxylic acids is 1. The molecule has 0 heterocycles. The van der Waals surface area contributed by atoms with Crippen molar-refractivity contribution in [2.24, 2.45) is 5.10 Å². The second-order valence-corrected chi connectivity index (χ2v) is 7.35. The predicted molar refractivity (Wildman–Crippen MR) is 126 cm³/mol. The molecule has 0 aliphatic carbocycles. The molecule has 3 aromatic carbocycles. The molecule has 170 valence electrons. The van der Waals surface area contributed by atoms with Crippen LogP contribution < -0.4 is 14.9 Å². The number of hydrazone groups is 1. The van der Waals surface area contributed by atoms with Crippen LogP contribution in [-0.4, -0.2) is 23.7 Å². The van der Waals surface area contributed by atoms with Crippen LogP contribution >= 0.6 is 11.6 Å². The third-order valence-electron chi connectivity index (χ3n) is 4.52. The number of ether oxygens (including phenoxy) is 2. The summed E-state index contributed by atoms with van der Waals surface area (Å²) in [6.07, 6.45) is 1.30. The van der Waals surface area contributed by atoms with Crippen molar-refractivity contribution in [1.82, 2.24) is 5.43 Å². The lowest BCUT2D eigenvalue weighted by atomic mass is 10.1. The molecule has 1 amide bonds. The van der Waals surface area contributed by atoms with Gasteiger partial charge < -0.3 is 9.47 Å². The first-order valence-electron chi connectivity index (χ1n) is 10.1. The van der Waals surface area contributed by atoms with Crippen LogP contribution in [0.15, 0.2) is 71.8 Å². The normalized spacial score (nSPS) is 10.7. The Morgan fingerprint density at radius 3 is 2.58 bits per heavy atom. The van der Waals surface area contributed by atoms with Gasteiger partial charge in [0.15, 0.2) is 11.5 Å². The Kier molecular flexibility index (Phi) is 8.37. The van der Waals surface area contributed by atoms with Crippen LogP contribution in [-0.2, 0) is 17.8 Å². The number of halogens is 1. The molecule has 0 atom stereocenters. The number of para-hydroxylation sites is 1. The molecule has 0 fully saturated rings. The van der Waals surface area contributed by atoms with Crippen LogP contribution in [0.3, 0.4) is 0 Å². The molecular formula is C24H22ClN3O5. The molecule has 0 saturated carbocycles. The highest BCUT2D eigenvalue weighted by molar-refractivity contribution is 6.30. The van der Waals surface area contributed by atoms with Crippen molar-refractivity contribution < 1.29 is 19.2 Å². The zero-order valence-corrected chi connectivity index (χ0v) is 18.6. The standard InChI is InChI=1S/C24H22ClN3O5/c1-2-32-23-13-18(9-12-22(23)33-16-17-7-10-20(25)11-8-17)15-26-27-24(29)14-19-5-3-4-6-21(19)28(30)31/h3-13,15H,2,14,16H2,1H3,(H,27,29). The van der Waals surface area contributed by atoms with Crippen LogP contribution in [0.5, 0.6) is 11.5 Å². The summed E-state index contributed by atoms with van der Waals surface area (Å²) in [6.45, 7) is 2.67. The first-order chi connectivity index (χ1) is 16.0. The number of nitrogens with zero attached hydrogens (tertiary/aromatic N) is 2. The van der Waals surface area contributed by atoms with Gasteiger partial charge in [-0.25, -0.2) is 5.43 Å². The fourth-order valence-electron chi connectivity index (χ4n) is 2.96. The zero-order chi connectivity index (χ0) is 23.6. The number of rotatable bonds is 10. The molecule has 0 radical (unpaired) electrons. The van der Waals surface area contributed by atoms with Crippen molar-refractivity contribution in [2.45, 2.75) is 20.0 Å². The summed E-state index contributed by atoms with van der Waals surface area (Å²) in [5.74, 6) is 0.652. The van der Waals surface area contributed by atoms with Gasteiger partial charge in [-0.3, -0.25) is 14.9 Å². The van der Waals surface area contributed by atoms with Crippen molar-refractivity contribution in [3.05, 3.63) is 98.6 Å². The van der Waals surface area contributed by atoms with E-state index in [4.69, 9.17) is 21.1 Å². The smallest absolute Gasteiger partial charge is 0.273 e. The highest BCUT2D eigenvalue weighted by atomic mass is 35.5. The van der Waals surface area contributed by atoms with E-state index in [1.54, 1.807) is 48.5 Å². The number of nitrogens with one attached hydrogen (secondary N) is 1. The first kappa shape index (κ1) is 23.7. The summed E-state index contributed by atoms with van der Waals surface area (Å²) in [5, 5.41) is 15.7. The van der Waals surface area contributed by atoms with E-state index in [1.165, 1.54) is 12.3 Å². The van der Waals surface area contributed by atoms with Gasteiger partial charge in [0.05, 0.1) is 24.2 Å². The number of nitro groups is 1. The second-order valence-electron chi connectivity index (χ2n) is 6.91. The van der Waals surface area contributed by atoms with E-state index in [0.29, 0.717) is 40.9 Å². The van der Waals surface area contributed by atoms with E-state index in [1.807, 2.05) is 19.1 Å². The van der Waals surface area contributed by atoms with Crippen LogP contribution in [0.1, 0.15) is 23.6 Å². The molecule has 0 unspecified atom stereocenters. The van der Waals surface area contributed by atoms with E-state index >= 15 is 0 Å². The number of carbonyl (C=O) groups is 1. The fourth-order valence-corrected chi connectivity index (χ4v) is 3.09. The lowest BCUT2D eigenvalue weighted by Crippen LogP contribution is -2.20. The fraction of sp³-hybridized carbons (Fsp3) is 0.167. The number of amides is 1. The summed E-state index contributed by atoms with van der Waals surface area (Å²) in [4.78, 5) is 22.7. The van der Waals surface area contributed by atoms with Crippen molar-refractivity contribution in [1.29, 1.82) is 0 Å². The predicted octanol–water partition coefficient (Wildman–Crippen LogP) is 4.92. The van der Waals surface area contributed by atoms with E-state index in [-0.39, 0.29) is 12.1 Å². The largest absolute Gasteiger partial charge is 0.490 e. The molecule has 0 aliphatic rings. The molecule has 0 aromatic heterocycles. The van der Waals surface area contributed by atoms with Crippen LogP contribution in [0, 0.1) is 10.1 Å². The van der Waals surface area contributed by atoms with Crippen LogP contribution in [0.4, 0.5) is 5.69 Å². The Balaban J connectivity index is 1.62. The molecule has 1 N–H and O–H groups in total. The molecule has 33 heavy (non-hydrogen) atoms. The minimum Gasteiger partial charge on any atom is -0.490 e. The highest BCUT2D eigenvalue weighted by Gasteiger charge is 2.15. The molecule has 3 rings (SSSR count). The van der Waals surface area contributed by atoms with Gasteiger partial charge in [-0.1, -0.05) is 41.9 Å². The van der Waals surface area contributed by atoms with Crippen molar-refractivity contribution in [2.75, 3.05) is 6.61 Å². The number of hydrogen-bond acceptors (Lipinski definition) is 6. The monoisotopic (exact) mass is 467 g/mol. The van der Waals surface area contributed by atoms with Crippen molar-refractivity contribution >= 4 is 29.4 Å². The molecule has 0 saturated heterocycles. The van der Waals surface area contributed by atoms with E-state index in [2.05, 4.69) is 10.5 Å². The first-order valence-corrected chi connectivity index (χ1v) is 10.5. The molecule has 3 aromatic rings. The van der Waals surface area contributed by atoms with Gasteiger partial charge in [-0.05, 0) is 48.4 Å². The third-order valence-corrected chi connectivity index (χ3v) is 4.77. The Labute approximate surface area is 195 Å². The number of hydrogen-bond donors (Lipinski definition) is 1. The number of nitro benzene ring substituents is 1. The molecule has 8 nitrogen and oxygen atoms in total. The summed E-state index contributed by atoms with van der Waals surface area (Å²) in [5.41, 5.74) is 4.25. The molecule has 9 heteroatoms. The van der Waals surface area contributed by atoms with E-state index < -0.39 is 10.8 Å². The maximum absolute atomic E-state index is 12.1. The Bertz CT molecular complexity index is 1150. The summed E-state index contributed by atoms with van der Waals surface area (Å²) in [7, 11) is 0. The van der Waals surface area contributed by atoms with Crippen molar-refractivity contribution in [3.8, 4) is 11.5 Å². The quantitative estimate of drug-likeness (QED) is 0.259. The topological polar surface area (TPSA) is 103 Å². The van der Waals surface area contributed by atoms with Gasteiger partial charge in [-0.2, -0.15) is 5.10 Å². The lowest BCUT2D eigenvalue weighted by molar-refractivity contribution is -0.385. The highest BCUT2D eigenvalue weighted by Crippen LogP contribution is 2.29. The maximum Gasteiger partial charge on any atom is 0.273 e. The molecule has 0 bridgehead atoms. The summed E-state index contributed by atoms with van der Waals surface area (Å²) < 4.78 is 11.5. The van der Waals surface area contributed by atoms with Gasteiger partial charge >= 0.3 is 0 Å². The lowest BCUT2D eigenvalue weighted by Gasteiger charge is -2.12. The molecule has 0 aliphatic heterocycles. The van der Waals surface area contributed by atoms with Gasteiger partial charge in [-0.15, -0.1) is 0 Å². The molecular weight excluding hydrogens is 446 g/mol. The van der Waals surface area contributed by atoms with Crippen LogP contribution in [0.2, 0.25) is 5.02 Å². The second kappa shape index (κ2) is 11.6. The Morgan fingerprint density at radius 2 is 1.85 bits per heavy atom. The van der Waals surface area contributed by atoms with Crippen LogP contribution in [0.25, 0.3) is 0 Å². The van der Waals surface area contributed by atoms with Gasteiger partial charge in [0.25, 0.3) is 5.69 Å². The van der Waals surface area contributed by atoms with E-state index in [9.17, 15) is 14.9 Å². The maximum atomic E-state index is 12.1. The Morgan fingerprint density at radius 1 is 1.09 bits per heavy atom. The summed E-state index contributed by atoms with van der Waals surface area (Å²) >= 11 is 5.91. The number of benzene rings is 3. The summed E-state index contributed by atoms with van der Waals surface area (Å²) in [6, 6.07) is 18.7.